The van der Waals surface area contributed by atoms with Crippen molar-refractivity contribution in [1.29, 1.82) is 0 Å². The number of benzene rings is 1. The second kappa shape index (κ2) is 9.87. The first-order valence-electron chi connectivity index (χ1n) is 10.4. The van der Waals surface area contributed by atoms with Crippen LogP contribution >= 0.6 is 0 Å². The summed E-state index contributed by atoms with van der Waals surface area (Å²) in [6.07, 6.45) is 1.62. The van der Waals surface area contributed by atoms with Crippen LogP contribution in [0.25, 0.3) is 22.7 Å². The Morgan fingerprint density at radius 3 is 2.50 bits per heavy atom. The number of aliphatic hydroxyl groups excluding tert-OH is 1. The zero-order valence-electron chi connectivity index (χ0n) is 18.6. The third-order valence-electron chi connectivity index (χ3n) is 5.22. The molecule has 32 heavy (non-hydrogen) atoms. The lowest BCUT2D eigenvalue weighted by Crippen LogP contribution is -2.15. The van der Waals surface area contributed by atoms with Gasteiger partial charge in [0.05, 0.1) is 24.4 Å². The van der Waals surface area contributed by atoms with Gasteiger partial charge >= 0.3 is 5.97 Å². The van der Waals surface area contributed by atoms with E-state index in [1.165, 1.54) is 25.3 Å². The van der Waals surface area contributed by atoms with E-state index in [0.29, 0.717) is 0 Å². The van der Waals surface area contributed by atoms with Crippen molar-refractivity contribution in [3.63, 3.8) is 0 Å². The number of aromatic nitrogens is 2. The van der Waals surface area contributed by atoms with Crippen LogP contribution in [-0.2, 0) is 14.3 Å². The lowest BCUT2D eigenvalue weighted by molar-refractivity contribution is -0.143. The summed E-state index contributed by atoms with van der Waals surface area (Å²) in [5.74, 6) is -1.30. The summed E-state index contributed by atoms with van der Waals surface area (Å²) in [6, 6.07) is 10.2. The molecule has 0 radical (unpaired) electrons. The lowest BCUT2D eigenvalue weighted by atomic mass is 9.93. The molecule has 0 aliphatic heterocycles. The molecule has 1 atom stereocenters. The van der Waals surface area contributed by atoms with E-state index in [-0.39, 0.29) is 24.6 Å². The van der Waals surface area contributed by atoms with Crippen LogP contribution in [0.3, 0.4) is 0 Å². The number of halogens is 1. The highest BCUT2D eigenvalue weighted by Crippen LogP contribution is 2.35. The molecule has 7 heteroatoms. The smallest absolute Gasteiger partial charge is 0.313 e. The molecular formula is C25H27FN2O4. The van der Waals surface area contributed by atoms with Crippen molar-refractivity contribution >= 4 is 23.3 Å². The molecule has 2 heterocycles. The monoisotopic (exact) mass is 438 g/mol. The van der Waals surface area contributed by atoms with Gasteiger partial charge in [0.15, 0.2) is 0 Å². The van der Waals surface area contributed by atoms with Crippen LogP contribution in [0.2, 0.25) is 0 Å². The van der Waals surface area contributed by atoms with Crippen molar-refractivity contribution in [3.8, 4) is 11.1 Å². The number of rotatable bonds is 8. The van der Waals surface area contributed by atoms with E-state index >= 15 is 0 Å². The largest absolute Gasteiger partial charge is 0.469 e. The molecular weight excluding hydrogens is 411 g/mol. The summed E-state index contributed by atoms with van der Waals surface area (Å²) in [7, 11) is 1.21. The highest BCUT2D eigenvalue weighted by atomic mass is 19.1. The van der Waals surface area contributed by atoms with Gasteiger partial charge in [0.2, 0.25) is 0 Å². The van der Waals surface area contributed by atoms with E-state index in [4.69, 9.17) is 5.10 Å². The van der Waals surface area contributed by atoms with Crippen molar-refractivity contribution in [1.82, 2.24) is 9.61 Å². The van der Waals surface area contributed by atoms with Gasteiger partial charge in [-0.1, -0.05) is 38.1 Å². The van der Waals surface area contributed by atoms with Crippen molar-refractivity contribution < 1.29 is 23.8 Å². The Labute approximate surface area is 186 Å². The summed E-state index contributed by atoms with van der Waals surface area (Å²) in [6.45, 7) is 6.01. The first kappa shape index (κ1) is 23.3. The average Bonchev–Trinajstić information content (AvgIpc) is 3.12. The van der Waals surface area contributed by atoms with Gasteiger partial charge in [-0.15, -0.1) is 0 Å². The van der Waals surface area contributed by atoms with E-state index < -0.39 is 17.9 Å². The summed E-state index contributed by atoms with van der Waals surface area (Å²) < 4.78 is 19.9. The summed E-state index contributed by atoms with van der Waals surface area (Å²) >= 11 is 0. The van der Waals surface area contributed by atoms with E-state index in [2.05, 4.69) is 4.74 Å². The van der Waals surface area contributed by atoms with Crippen LogP contribution < -0.4 is 0 Å². The minimum atomic E-state index is -1.07. The Hall–Kier alpha value is -3.32. The van der Waals surface area contributed by atoms with E-state index in [9.17, 15) is 19.1 Å². The molecule has 0 saturated carbocycles. The van der Waals surface area contributed by atoms with Gasteiger partial charge in [0.1, 0.15) is 18.0 Å². The molecule has 0 fully saturated rings. The molecule has 1 N–H and O–H groups in total. The maximum Gasteiger partial charge on any atom is 0.313 e. The van der Waals surface area contributed by atoms with Gasteiger partial charge < -0.3 is 9.84 Å². The molecule has 0 amide bonds. The highest BCUT2D eigenvalue weighted by Gasteiger charge is 2.19. The fourth-order valence-corrected chi connectivity index (χ4v) is 3.61. The third-order valence-corrected chi connectivity index (χ3v) is 5.22. The topological polar surface area (TPSA) is 80.9 Å². The number of hydrogen-bond donors (Lipinski definition) is 1. The molecule has 2 aromatic heterocycles. The van der Waals surface area contributed by atoms with Crippen LogP contribution in [0.1, 0.15) is 49.6 Å². The number of ketones is 1. The van der Waals surface area contributed by atoms with E-state index in [0.717, 1.165) is 33.6 Å². The minimum absolute atomic E-state index is 0.0677. The molecule has 1 unspecified atom stereocenters. The Morgan fingerprint density at radius 2 is 1.88 bits per heavy atom. The molecule has 0 aliphatic carbocycles. The van der Waals surface area contributed by atoms with Crippen LogP contribution in [0.4, 0.5) is 4.39 Å². The third kappa shape index (κ3) is 5.11. The number of ether oxygens (including phenoxy) is 1. The van der Waals surface area contributed by atoms with Gasteiger partial charge in [0, 0.05) is 23.2 Å². The van der Waals surface area contributed by atoms with Crippen molar-refractivity contribution in [2.24, 2.45) is 0 Å². The summed E-state index contributed by atoms with van der Waals surface area (Å²) in [5.41, 5.74) is 5.09. The number of methoxy groups -OCH3 is 1. The Bertz CT molecular complexity index is 1160. The Kier molecular flexibility index (Phi) is 7.20. The van der Waals surface area contributed by atoms with Crippen LogP contribution in [0.15, 0.2) is 42.5 Å². The number of aryl methyl sites for hydroxylation is 1. The Balaban J connectivity index is 2.08. The zero-order valence-corrected chi connectivity index (χ0v) is 18.6. The fourth-order valence-electron chi connectivity index (χ4n) is 3.61. The second-order valence-corrected chi connectivity index (χ2v) is 8.03. The van der Waals surface area contributed by atoms with Gasteiger partial charge in [-0.2, -0.15) is 5.10 Å². The molecule has 3 aromatic rings. The maximum absolute atomic E-state index is 13.6. The minimum Gasteiger partial charge on any atom is -0.469 e. The lowest BCUT2D eigenvalue weighted by Gasteiger charge is -2.17. The highest BCUT2D eigenvalue weighted by molar-refractivity contribution is 5.96. The van der Waals surface area contributed by atoms with Crippen LogP contribution in [-0.4, -0.2) is 39.7 Å². The predicted molar refractivity (Wildman–Crippen MR) is 121 cm³/mol. The normalized spacial score (nSPS) is 12.6. The van der Waals surface area contributed by atoms with Gasteiger partial charge in [-0.25, -0.2) is 8.91 Å². The number of esters is 1. The maximum atomic E-state index is 13.6. The number of Topliss-reactive ketones (excluding diaryl/α,β-unsaturated/α-hetero) is 1. The molecule has 168 valence electrons. The number of hydrogen-bond acceptors (Lipinski definition) is 5. The number of carbonyl (C=O) groups is 2. The molecule has 0 saturated heterocycles. The van der Waals surface area contributed by atoms with Crippen LogP contribution in [0.5, 0.6) is 0 Å². The van der Waals surface area contributed by atoms with Gasteiger partial charge in [0.25, 0.3) is 0 Å². The quantitative estimate of drug-likeness (QED) is 0.415. The molecule has 0 bridgehead atoms. The van der Waals surface area contributed by atoms with Crippen molar-refractivity contribution in [3.05, 3.63) is 65.2 Å². The standard InChI is InChI=1S/C25H27FN2O4/c1-15(2)25-21(11-10-19(29)13-20(30)14-23(31)32-4)24(17-6-8-18(26)9-7-17)22-12-5-16(3)28(22)27-25/h5-12,15,19,29H,13-14H2,1-4H3. The molecule has 6 nitrogen and oxygen atoms in total. The van der Waals surface area contributed by atoms with Crippen molar-refractivity contribution in [2.45, 2.75) is 45.6 Å². The zero-order chi connectivity index (χ0) is 23.4. The van der Waals surface area contributed by atoms with E-state index in [1.54, 1.807) is 18.2 Å². The van der Waals surface area contributed by atoms with Gasteiger partial charge in [-0.05, 0) is 42.7 Å². The number of carbonyl (C=O) groups excluding carboxylic acids is 2. The number of aliphatic hydroxyl groups is 1. The fraction of sp³-hybridized carbons (Fsp3) is 0.320. The molecule has 1 aromatic carbocycles. The summed E-state index contributed by atoms with van der Waals surface area (Å²) in [4.78, 5) is 23.2. The second-order valence-electron chi connectivity index (χ2n) is 8.03. The molecule has 3 rings (SSSR count). The Morgan fingerprint density at radius 1 is 1.19 bits per heavy atom. The molecule has 0 spiro atoms. The van der Waals surface area contributed by atoms with Crippen LogP contribution in [0, 0.1) is 12.7 Å². The molecule has 0 aliphatic rings. The predicted octanol–water partition coefficient (Wildman–Crippen LogP) is 4.47. The number of nitrogens with zero attached hydrogens (tertiary/aromatic N) is 2. The summed E-state index contributed by atoms with van der Waals surface area (Å²) in [5, 5.41) is 15.2. The first-order valence-corrected chi connectivity index (χ1v) is 10.4. The average molecular weight is 438 g/mol. The van der Waals surface area contributed by atoms with Gasteiger partial charge in [-0.3, -0.25) is 9.59 Å². The first-order chi connectivity index (χ1) is 15.2. The van der Waals surface area contributed by atoms with Crippen molar-refractivity contribution in [2.75, 3.05) is 7.11 Å². The SMILES string of the molecule is COC(=O)CC(=O)CC(O)C=Cc1c(C(C)C)nn2c(C)ccc2c1-c1ccc(F)cc1. The number of fused-ring (bicyclic) bond motifs is 1. The van der Waals surface area contributed by atoms with E-state index in [1.807, 2.05) is 37.4 Å².